The highest BCUT2D eigenvalue weighted by atomic mass is 15.4. The molecule has 4 nitrogen and oxygen atoms in total. The molecule has 0 aliphatic heterocycles. The Bertz CT molecular complexity index is 536. The van der Waals surface area contributed by atoms with E-state index in [1.165, 1.54) is 0 Å². The van der Waals surface area contributed by atoms with Crippen LogP contribution < -0.4 is 0 Å². The van der Waals surface area contributed by atoms with E-state index in [1.807, 2.05) is 48.9 Å². The average molecular weight is 226 g/mol. The van der Waals surface area contributed by atoms with Gasteiger partial charge in [0, 0.05) is 0 Å². The van der Waals surface area contributed by atoms with E-state index < -0.39 is 0 Å². The van der Waals surface area contributed by atoms with E-state index in [0.717, 1.165) is 17.2 Å². The monoisotopic (exact) mass is 226 g/mol. The van der Waals surface area contributed by atoms with Crippen molar-refractivity contribution >= 4 is 0 Å². The third-order valence-corrected chi connectivity index (χ3v) is 2.67. The topological polar surface area (TPSA) is 54.5 Å². The zero-order valence-electron chi connectivity index (χ0n) is 9.96. The van der Waals surface area contributed by atoms with Crippen LogP contribution in [0.4, 0.5) is 0 Å². The summed E-state index contributed by atoms with van der Waals surface area (Å²) in [4.78, 5) is 4.28. The first kappa shape index (κ1) is 11.3. The Balaban J connectivity index is 2.43. The van der Waals surface area contributed by atoms with Gasteiger partial charge in [0.2, 0.25) is 0 Å². The number of rotatable bonds is 3. The molecule has 4 heteroatoms. The predicted molar refractivity (Wildman–Crippen MR) is 64.3 cm³/mol. The Morgan fingerprint density at radius 1 is 1.29 bits per heavy atom. The fourth-order valence-electron chi connectivity index (χ4n) is 1.94. The summed E-state index contributed by atoms with van der Waals surface area (Å²) in [6.45, 7) is 3.77. The number of aryl methyl sites for hydroxylation is 2. The number of hydrogen-bond acceptors (Lipinski definition) is 3. The lowest BCUT2D eigenvalue weighted by molar-refractivity contribution is 0.514. The first-order valence-electron chi connectivity index (χ1n) is 5.54. The second-order valence-corrected chi connectivity index (χ2v) is 3.94. The average Bonchev–Trinajstić information content (AvgIpc) is 2.66. The lowest BCUT2D eigenvalue weighted by atomic mass is 10.0. The van der Waals surface area contributed by atoms with Gasteiger partial charge in [-0.05, 0) is 19.4 Å². The number of aromatic nitrogens is 3. The summed E-state index contributed by atoms with van der Waals surface area (Å²) in [5, 5.41) is 13.3. The van der Waals surface area contributed by atoms with Crippen molar-refractivity contribution in [1.29, 1.82) is 5.26 Å². The van der Waals surface area contributed by atoms with Gasteiger partial charge in [-0.3, -0.25) is 0 Å². The van der Waals surface area contributed by atoms with Crippen LogP contribution in [0.5, 0.6) is 0 Å². The number of benzene rings is 1. The van der Waals surface area contributed by atoms with Crippen LogP contribution in [0.1, 0.15) is 29.7 Å². The molecule has 0 fully saturated rings. The van der Waals surface area contributed by atoms with Gasteiger partial charge < -0.3 is 0 Å². The van der Waals surface area contributed by atoms with Crippen molar-refractivity contribution in [3.8, 4) is 6.07 Å². The van der Waals surface area contributed by atoms with Crippen LogP contribution in [-0.4, -0.2) is 14.8 Å². The maximum Gasteiger partial charge on any atom is 0.147 e. The van der Waals surface area contributed by atoms with Crippen molar-refractivity contribution in [3.05, 3.63) is 47.5 Å². The molecule has 0 N–H and O–H groups in total. The minimum absolute atomic E-state index is 0.0533. The van der Waals surface area contributed by atoms with Crippen molar-refractivity contribution < 1.29 is 0 Å². The summed E-state index contributed by atoms with van der Waals surface area (Å²) >= 11 is 0. The molecule has 1 unspecified atom stereocenters. The van der Waals surface area contributed by atoms with Crippen LogP contribution in [0, 0.1) is 25.2 Å². The molecule has 0 radical (unpaired) electrons. The fraction of sp³-hybridized carbons (Fsp3) is 0.308. The molecular weight excluding hydrogens is 212 g/mol. The van der Waals surface area contributed by atoms with Crippen molar-refractivity contribution in [2.24, 2.45) is 0 Å². The molecule has 17 heavy (non-hydrogen) atoms. The summed E-state index contributed by atoms with van der Waals surface area (Å²) in [5.74, 6) is 1.58. The number of hydrogen-bond donors (Lipinski definition) is 0. The second-order valence-electron chi connectivity index (χ2n) is 3.94. The van der Waals surface area contributed by atoms with Crippen LogP contribution in [0.15, 0.2) is 30.3 Å². The van der Waals surface area contributed by atoms with E-state index >= 15 is 0 Å². The first-order chi connectivity index (χ1) is 8.22. The SMILES string of the molecule is Cc1nc(C)n(C(CC#N)c2ccccc2)n1. The van der Waals surface area contributed by atoms with Gasteiger partial charge in [-0.2, -0.15) is 10.4 Å². The Kier molecular flexibility index (Phi) is 3.20. The molecule has 0 saturated carbocycles. The third kappa shape index (κ3) is 2.34. The zero-order valence-corrected chi connectivity index (χ0v) is 9.96. The van der Waals surface area contributed by atoms with Crippen molar-refractivity contribution in [2.75, 3.05) is 0 Å². The lowest BCUT2D eigenvalue weighted by Gasteiger charge is -2.15. The Morgan fingerprint density at radius 3 is 2.53 bits per heavy atom. The molecule has 0 aliphatic rings. The maximum atomic E-state index is 8.95. The molecule has 2 aromatic rings. The van der Waals surface area contributed by atoms with Crippen LogP contribution >= 0.6 is 0 Å². The molecule has 0 spiro atoms. The molecule has 2 rings (SSSR count). The number of nitrogens with zero attached hydrogens (tertiary/aromatic N) is 4. The standard InChI is InChI=1S/C13H14N4/c1-10-15-11(2)17(16-10)13(8-9-14)12-6-4-3-5-7-12/h3-7,13H,8H2,1-2H3. The van der Waals surface area contributed by atoms with Crippen molar-refractivity contribution in [1.82, 2.24) is 14.8 Å². The predicted octanol–water partition coefficient (Wildman–Crippen LogP) is 2.40. The largest absolute Gasteiger partial charge is 0.242 e. The van der Waals surface area contributed by atoms with Gasteiger partial charge in [0.1, 0.15) is 11.6 Å². The van der Waals surface area contributed by atoms with Crippen LogP contribution in [0.25, 0.3) is 0 Å². The van der Waals surface area contributed by atoms with E-state index in [-0.39, 0.29) is 6.04 Å². The summed E-state index contributed by atoms with van der Waals surface area (Å²) in [6, 6.07) is 12.1. The van der Waals surface area contributed by atoms with E-state index in [9.17, 15) is 0 Å². The highest BCUT2D eigenvalue weighted by molar-refractivity contribution is 5.21. The van der Waals surface area contributed by atoms with Crippen LogP contribution in [0.2, 0.25) is 0 Å². The lowest BCUT2D eigenvalue weighted by Crippen LogP contribution is -2.13. The molecule has 86 valence electrons. The third-order valence-electron chi connectivity index (χ3n) is 2.67. The molecule has 1 aromatic carbocycles. The van der Waals surface area contributed by atoms with Gasteiger partial charge in [-0.1, -0.05) is 30.3 Å². The normalized spacial score (nSPS) is 12.1. The van der Waals surface area contributed by atoms with Gasteiger partial charge >= 0.3 is 0 Å². The Morgan fingerprint density at radius 2 is 2.00 bits per heavy atom. The molecular formula is C13H14N4. The van der Waals surface area contributed by atoms with Gasteiger partial charge in [0.05, 0.1) is 18.5 Å². The fourth-order valence-corrected chi connectivity index (χ4v) is 1.94. The van der Waals surface area contributed by atoms with Crippen LogP contribution in [0.3, 0.4) is 0 Å². The van der Waals surface area contributed by atoms with E-state index in [4.69, 9.17) is 5.26 Å². The zero-order chi connectivity index (χ0) is 12.3. The molecule has 0 aliphatic carbocycles. The van der Waals surface area contributed by atoms with Gasteiger partial charge in [0.15, 0.2) is 0 Å². The van der Waals surface area contributed by atoms with Gasteiger partial charge in [-0.25, -0.2) is 9.67 Å². The Hall–Kier alpha value is -2.15. The van der Waals surface area contributed by atoms with Crippen molar-refractivity contribution in [2.45, 2.75) is 26.3 Å². The molecule has 0 saturated heterocycles. The van der Waals surface area contributed by atoms with E-state index in [2.05, 4.69) is 16.2 Å². The number of nitriles is 1. The van der Waals surface area contributed by atoms with E-state index in [1.54, 1.807) is 0 Å². The van der Waals surface area contributed by atoms with Gasteiger partial charge in [0.25, 0.3) is 0 Å². The summed E-state index contributed by atoms with van der Waals surface area (Å²) in [6.07, 6.45) is 0.396. The molecule has 0 bridgehead atoms. The molecule has 0 amide bonds. The van der Waals surface area contributed by atoms with Crippen LogP contribution in [-0.2, 0) is 0 Å². The highest BCUT2D eigenvalue weighted by Gasteiger charge is 2.17. The summed E-state index contributed by atoms with van der Waals surface area (Å²) < 4.78 is 1.83. The molecule has 1 atom stereocenters. The highest BCUT2D eigenvalue weighted by Crippen LogP contribution is 2.21. The van der Waals surface area contributed by atoms with Crippen molar-refractivity contribution in [3.63, 3.8) is 0 Å². The smallest absolute Gasteiger partial charge is 0.147 e. The Labute approximate surface area is 101 Å². The minimum atomic E-state index is -0.0533. The minimum Gasteiger partial charge on any atom is -0.242 e. The first-order valence-corrected chi connectivity index (χ1v) is 5.54. The maximum absolute atomic E-state index is 8.95. The van der Waals surface area contributed by atoms with Gasteiger partial charge in [-0.15, -0.1) is 0 Å². The second kappa shape index (κ2) is 4.79. The quantitative estimate of drug-likeness (QED) is 0.807. The van der Waals surface area contributed by atoms with E-state index in [0.29, 0.717) is 6.42 Å². The summed E-state index contributed by atoms with van der Waals surface area (Å²) in [5.41, 5.74) is 1.09. The molecule has 1 heterocycles. The molecule has 1 aromatic heterocycles. The summed E-state index contributed by atoms with van der Waals surface area (Å²) in [7, 11) is 0.